The molecule has 0 N–H and O–H groups in total. The quantitative estimate of drug-likeness (QED) is 0.0266. The third-order valence-corrected chi connectivity index (χ3v) is 9.74. The molecule has 0 aromatic carbocycles. The van der Waals surface area contributed by atoms with E-state index in [9.17, 15) is 14.4 Å². The standard InChI is InChI=1S/C50H86O6/c1-4-7-10-13-16-19-22-24-26-28-31-34-37-40-43-49(52)55-46-47(45-54-48(51)42-39-36-33-30-21-18-15-12-9-6-3)56-50(53)44-41-38-35-32-29-27-25-23-20-17-14-11-8-5-2/h7-8,10-11,15-20,47H,4-6,9,12-14,21-46H2,1-3H3/b10-7-,11-8-,18-15-,19-16-,20-17-. The van der Waals surface area contributed by atoms with Crippen LogP contribution in [0.4, 0.5) is 0 Å². The number of unbranched alkanes of at least 4 members (excludes halogenated alkanes) is 20. The van der Waals surface area contributed by atoms with Gasteiger partial charge >= 0.3 is 17.9 Å². The predicted octanol–water partition coefficient (Wildman–Crippen LogP) is 14.9. The van der Waals surface area contributed by atoms with Gasteiger partial charge in [-0.1, -0.05) is 171 Å². The Hall–Kier alpha value is -2.89. The summed E-state index contributed by atoms with van der Waals surface area (Å²) in [6.45, 7) is 6.35. The summed E-state index contributed by atoms with van der Waals surface area (Å²) in [7, 11) is 0. The van der Waals surface area contributed by atoms with Crippen LogP contribution in [0.15, 0.2) is 60.8 Å². The smallest absolute Gasteiger partial charge is 0.306 e. The minimum Gasteiger partial charge on any atom is -0.462 e. The highest BCUT2D eigenvalue weighted by atomic mass is 16.6. The predicted molar refractivity (Wildman–Crippen MR) is 238 cm³/mol. The molecule has 0 aliphatic carbocycles. The van der Waals surface area contributed by atoms with E-state index < -0.39 is 6.10 Å². The molecule has 1 unspecified atom stereocenters. The Morgan fingerprint density at radius 1 is 0.375 bits per heavy atom. The van der Waals surface area contributed by atoms with Gasteiger partial charge in [0.25, 0.3) is 0 Å². The second-order valence-electron chi connectivity index (χ2n) is 15.2. The molecule has 6 nitrogen and oxygen atoms in total. The van der Waals surface area contributed by atoms with Crippen molar-refractivity contribution in [3.8, 4) is 0 Å². The van der Waals surface area contributed by atoms with Crippen molar-refractivity contribution in [3.63, 3.8) is 0 Å². The van der Waals surface area contributed by atoms with Crippen LogP contribution in [0.3, 0.4) is 0 Å². The molecule has 0 saturated heterocycles. The monoisotopic (exact) mass is 783 g/mol. The summed E-state index contributed by atoms with van der Waals surface area (Å²) in [6.07, 6.45) is 53.5. The number of allylic oxidation sites excluding steroid dienone is 10. The van der Waals surface area contributed by atoms with Crippen molar-refractivity contribution in [2.24, 2.45) is 0 Å². The van der Waals surface area contributed by atoms with E-state index in [1.165, 1.54) is 64.2 Å². The third-order valence-electron chi connectivity index (χ3n) is 9.74. The Kier molecular flexibility index (Phi) is 42.5. The number of carbonyl (C=O) groups is 3. The summed E-state index contributed by atoms with van der Waals surface area (Å²) in [4.78, 5) is 37.8. The summed E-state index contributed by atoms with van der Waals surface area (Å²) < 4.78 is 16.7. The van der Waals surface area contributed by atoms with Crippen LogP contribution in [0.2, 0.25) is 0 Å². The molecule has 0 aliphatic heterocycles. The highest BCUT2D eigenvalue weighted by Gasteiger charge is 2.19. The minimum absolute atomic E-state index is 0.0857. The van der Waals surface area contributed by atoms with Crippen LogP contribution >= 0.6 is 0 Å². The molecule has 0 saturated carbocycles. The Balaban J connectivity index is 4.39. The fourth-order valence-electron chi connectivity index (χ4n) is 6.26. The van der Waals surface area contributed by atoms with E-state index in [-0.39, 0.29) is 31.1 Å². The minimum atomic E-state index is -0.783. The SMILES string of the molecule is CC/C=C\C/C=C\CCCCCCCCCC(=O)OCC(COC(=O)CCCCCC/C=C\CCCC)OC(=O)CCCCCCCCC/C=C\C/C=C\CC. The van der Waals surface area contributed by atoms with E-state index in [1.807, 2.05) is 0 Å². The molecule has 0 amide bonds. The van der Waals surface area contributed by atoms with Gasteiger partial charge in [0.05, 0.1) is 0 Å². The van der Waals surface area contributed by atoms with Crippen LogP contribution in [0.25, 0.3) is 0 Å². The zero-order valence-electron chi connectivity index (χ0n) is 36.6. The molecule has 322 valence electrons. The number of hydrogen-bond acceptors (Lipinski definition) is 6. The first-order valence-corrected chi connectivity index (χ1v) is 23.3. The lowest BCUT2D eigenvalue weighted by molar-refractivity contribution is -0.167. The molecule has 6 heteroatoms. The zero-order valence-corrected chi connectivity index (χ0v) is 36.6. The van der Waals surface area contributed by atoms with Crippen molar-refractivity contribution < 1.29 is 28.6 Å². The molecule has 1 atom stereocenters. The molecule has 0 rings (SSSR count). The van der Waals surface area contributed by atoms with Crippen LogP contribution in [-0.2, 0) is 28.6 Å². The van der Waals surface area contributed by atoms with Gasteiger partial charge in [-0.15, -0.1) is 0 Å². The molecular formula is C50H86O6. The number of esters is 3. The Bertz CT molecular complexity index is 1040. The molecule has 0 radical (unpaired) electrons. The van der Waals surface area contributed by atoms with Gasteiger partial charge in [0, 0.05) is 19.3 Å². The maximum atomic E-state index is 12.7. The van der Waals surface area contributed by atoms with Crippen LogP contribution in [-0.4, -0.2) is 37.2 Å². The van der Waals surface area contributed by atoms with Gasteiger partial charge in [0.2, 0.25) is 0 Å². The van der Waals surface area contributed by atoms with E-state index in [4.69, 9.17) is 14.2 Å². The lowest BCUT2D eigenvalue weighted by Crippen LogP contribution is -2.30. The van der Waals surface area contributed by atoms with E-state index >= 15 is 0 Å². The van der Waals surface area contributed by atoms with Gasteiger partial charge in [0.15, 0.2) is 6.10 Å². The van der Waals surface area contributed by atoms with Crippen LogP contribution in [0.5, 0.6) is 0 Å². The van der Waals surface area contributed by atoms with Gasteiger partial charge in [-0.2, -0.15) is 0 Å². The molecule has 0 spiro atoms. The molecule has 0 aliphatic rings. The van der Waals surface area contributed by atoms with E-state index in [2.05, 4.69) is 81.5 Å². The first-order chi connectivity index (χ1) is 27.5. The lowest BCUT2D eigenvalue weighted by Gasteiger charge is -2.18. The van der Waals surface area contributed by atoms with Crippen molar-refractivity contribution in [1.82, 2.24) is 0 Å². The topological polar surface area (TPSA) is 78.9 Å². The zero-order chi connectivity index (χ0) is 40.8. The molecule has 0 aromatic rings. The van der Waals surface area contributed by atoms with Crippen LogP contribution in [0, 0.1) is 0 Å². The maximum Gasteiger partial charge on any atom is 0.306 e. The van der Waals surface area contributed by atoms with Crippen molar-refractivity contribution in [2.75, 3.05) is 13.2 Å². The second-order valence-corrected chi connectivity index (χ2v) is 15.2. The molecule has 0 aromatic heterocycles. The van der Waals surface area contributed by atoms with Gasteiger partial charge in [0.1, 0.15) is 13.2 Å². The number of carbonyl (C=O) groups excluding carboxylic acids is 3. The molecule has 0 heterocycles. The largest absolute Gasteiger partial charge is 0.462 e. The molecule has 0 fully saturated rings. The first-order valence-electron chi connectivity index (χ1n) is 23.3. The summed E-state index contributed by atoms with van der Waals surface area (Å²) in [5, 5.41) is 0. The van der Waals surface area contributed by atoms with E-state index in [0.29, 0.717) is 19.3 Å². The molecule has 0 bridgehead atoms. The number of ether oxygens (including phenoxy) is 3. The fraction of sp³-hybridized carbons (Fsp3) is 0.740. The lowest BCUT2D eigenvalue weighted by atomic mass is 10.1. The number of rotatable bonds is 41. The summed E-state index contributed by atoms with van der Waals surface area (Å²) in [5.74, 6) is -0.918. The Morgan fingerprint density at radius 2 is 0.696 bits per heavy atom. The van der Waals surface area contributed by atoms with E-state index in [0.717, 1.165) is 116 Å². The maximum absolute atomic E-state index is 12.7. The number of hydrogen-bond donors (Lipinski definition) is 0. The second kappa shape index (κ2) is 44.8. The summed E-state index contributed by atoms with van der Waals surface area (Å²) in [5.41, 5.74) is 0. The van der Waals surface area contributed by atoms with Crippen molar-refractivity contribution >= 4 is 17.9 Å². The van der Waals surface area contributed by atoms with Gasteiger partial charge in [-0.25, -0.2) is 0 Å². The third kappa shape index (κ3) is 42.3. The molecule has 56 heavy (non-hydrogen) atoms. The van der Waals surface area contributed by atoms with Crippen LogP contribution in [0.1, 0.15) is 220 Å². The average Bonchev–Trinajstić information content (AvgIpc) is 3.19. The normalized spacial score (nSPS) is 12.6. The van der Waals surface area contributed by atoms with Crippen molar-refractivity contribution in [2.45, 2.75) is 226 Å². The Morgan fingerprint density at radius 3 is 1.09 bits per heavy atom. The van der Waals surface area contributed by atoms with E-state index in [1.54, 1.807) is 0 Å². The van der Waals surface area contributed by atoms with Gasteiger partial charge in [-0.3, -0.25) is 14.4 Å². The van der Waals surface area contributed by atoms with Crippen LogP contribution < -0.4 is 0 Å². The van der Waals surface area contributed by atoms with Gasteiger partial charge in [-0.05, 0) is 89.9 Å². The average molecular weight is 783 g/mol. The van der Waals surface area contributed by atoms with Crippen molar-refractivity contribution in [3.05, 3.63) is 60.8 Å². The van der Waals surface area contributed by atoms with Gasteiger partial charge < -0.3 is 14.2 Å². The Labute approximate surface area is 345 Å². The molecular weight excluding hydrogens is 697 g/mol. The van der Waals surface area contributed by atoms with Crippen molar-refractivity contribution in [1.29, 1.82) is 0 Å². The first kappa shape index (κ1) is 53.1. The summed E-state index contributed by atoms with van der Waals surface area (Å²) >= 11 is 0. The highest BCUT2D eigenvalue weighted by molar-refractivity contribution is 5.71. The fourth-order valence-corrected chi connectivity index (χ4v) is 6.26. The highest BCUT2D eigenvalue weighted by Crippen LogP contribution is 2.14. The summed E-state index contributed by atoms with van der Waals surface area (Å²) in [6, 6.07) is 0.